The molecule has 0 aliphatic rings. The van der Waals surface area contributed by atoms with Gasteiger partial charge in [0.2, 0.25) is 5.91 Å². The molecule has 5 nitrogen and oxygen atoms in total. The molecule has 1 amide bonds. The number of hydrogen-bond donors (Lipinski definition) is 4. The molecule has 0 aliphatic carbocycles. The number of unbranched alkanes of at least 4 members (excludes halogenated alkanes) is 11. The van der Waals surface area contributed by atoms with Gasteiger partial charge in [-0.05, 0) is 46.0 Å². The van der Waals surface area contributed by atoms with Crippen LogP contribution in [0.25, 0.3) is 0 Å². The van der Waals surface area contributed by atoms with Gasteiger partial charge in [-0.3, -0.25) is 4.79 Å². The molecule has 0 saturated carbocycles. The molecular formula is C22H50N2O3. The lowest BCUT2D eigenvalue weighted by atomic mass is 10.1. The van der Waals surface area contributed by atoms with Gasteiger partial charge in [-0.2, -0.15) is 0 Å². The SMILES string of the molecule is CCCCCCCC/C=C\CCCCCCCC(N)=O.CCO.CCO.N. The van der Waals surface area contributed by atoms with E-state index in [2.05, 4.69) is 19.1 Å². The summed E-state index contributed by atoms with van der Waals surface area (Å²) in [5.41, 5.74) is 5.10. The average Bonchev–Trinajstić information content (AvgIpc) is 2.59. The van der Waals surface area contributed by atoms with Gasteiger partial charge in [-0.15, -0.1) is 0 Å². The van der Waals surface area contributed by atoms with Crippen LogP contribution in [0.15, 0.2) is 12.2 Å². The second-order valence-corrected chi connectivity index (χ2v) is 6.43. The molecule has 7 N–H and O–H groups in total. The van der Waals surface area contributed by atoms with E-state index in [4.69, 9.17) is 15.9 Å². The molecule has 0 saturated heterocycles. The number of carbonyl (C=O) groups excluding carboxylic acids is 1. The molecule has 0 unspecified atom stereocenters. The van der Waals surface area contributed by atoms with Gasteiger partial charge in [0.25, 0.3) is 0 Å². The van der Waals surface area contributed by atoms with E-state index in [1.807, 2.05) is 0 Å². The van der Waals surface area contributed by atoms with Crippen molar-refractivity contribution >= 4 is 5.91 Å². The largest absolute Gasteiger partial charge is 0.397 e. The van der Waals surface area contributed by atoms with Gasteiger partial charge in [0, 0.05) is 19.6 Å². The fourth-order valence-corrected chi connectivity index (χ4v) is 2.37. The average molecular weight is 391 g/mol. The van der Waals surface area contributed by atoms with E-state index in [9.17, 15) is 4.79 Å². The fourth-order valence-electron chi connectivity index (χ4n) is 2.37. The summed E-state index contributed by atoms with van der Waals surface area (Å²) in [7, 11) is 0. The van der Waals surface area contributed by atoms with Crippen molar-refractivity contribution < 1.29 is 15.0 Å². The zero-order valence-corrected chi connectivity index (χ0v) is 18.6. The van der Waals surface area contributed by atoms with Crippen LogP contribution >= 0.6 is 0 Å². The predicted molar refractivity (Wildman–Crippen MR) is 119 cm³/mol. The number of primary amides is 1. The van der Waals surface area contributed by atoms with Crippen LogP contribution in [-0.2, 0) is 4.79 Å². The molecule has 5 heteroatoms. The van der Waals surface area contributed by atoms with Gasteiger partial charge in [-0.1, -0.05) is 70.4 Å². The molecule has 0 aliphatic heterocycles. The van der Waals surface area contributed by atoms with Crippen LogP contribution in [0, 0.1) is 0 Å². The molecule has 0 rings (SSSR count). The van der Waals surface area contributed by atoms with Crippen LogP contribution < -0.4 is 11.9 Å². The van der Waals surface area contributed by atoms with E-state index < -0.39 is 0 Å². The minimum atomic E-state index is -0.164. The van der Waals surface area contributed by atoms with Crippen molar-refractivity contribution in [2.24, 2.45) is 5.73 Å². The van der Waals surface area contributed by atoms with Crippen LogP contribution in [0.3, 0.4) is 0 Å². The van der Waals surface area contributed by atoms with E-state index in [-0.39, 0.29) is 25.3 Å². The first-order chi connectivity index (χ1) is 12.6. The topological polar surface area (TPSA) is 119 Å². The number of aliphatic hydroxyl groups is 2. The summed E-state index contributed by atoms with van der Waals surface area (Å²) < 4.78 is 0. The molecule has 27 heavy (non-hydrogen) atoms. The minimum absolute atomic E-state index is 0. The summed E-state index contributed by atoms with van der Waals surface area (Å²) in [6.45, 7) is 6.13. The first kappa shape index (κ1) is 33.7. The van der Waals surface area contributed by atoms with Crippen molar-refractivity contribution in [3.63, 3.8) is 0 Å². The Kier molecular flexibility index (Phi) is 45.0. The van der Waals surface area contributed by atoms with Gasteiger partial charge in [0.1, 0.15) is 0 Å². The second-order valence-electron chi connectivity index (χ2n) is 6.43. The summed E-state index contributed by atoms with van der Waals surface area (Å²) in [6, 6.07) is 0. The monoisotopic (exact) mass is 390 g/mol. The van der Waals surface area contributed by atoms with Crippen LogP contribution in [-0.4, -0.2) is 29.3 Å². The van der Waals surface area contributed by atoms with Crippen molar-refractivity contribution in [1.82, 2.24) is 6.15 Å². The van der Waals surface area contributed by atoms with Gasteiger partial charge < -0.3 is 22.1 Å². The van der Waals surface area contributed by atoms with E-state index in [0.29, 0.717) is 6.42 Å². The number of aliphatic hydroxyl groups excluding tert-OH is 2. The Bertz CT molecular complexity index is 270. The molecule has 0 aromatic heterocycles. The van der Waals surface area contributed by atoms with Crippen molar-refractivity contribution in [2.45, 2.75) is 111 Å². The van der Waals surface area contributed by atoms with Gasteiger partial charge >= 0.3 is 0 Å². The van der Waals surface area contributed by atoms with Crippen LogP contribution in [0.1, 0.15) is 111 Å². The molecule has 0 spiro atoms. The normalized spacial score (nSPS) is 9.67. The molecule has 0 radical (unpaired) electrons. The highest BCUT2D eigenvalue weighted by Gasteiger charge is 1.94. The summed E-state index contributed by atoms with van der Waals surface area (Å²) in [4.78, 5) is 10.5. The van der Waals surface area contributed by atoms with Crippen molar-refractivity contribution in [1.29, 1.82) is 0 Å². The Morgan fingerprint density at radius 1 is 0.704 bits per heavy atom. The fraction of sp³-hybridized carbons (Fsp3) is 0.864. The Hall–Kier alpha value is -0.910. The van der Waals surface area contributed by atoms with E-state index in [1.54, 1.807) is 13.8 Å². The first-order valence-corrected chi connectivity index (χ1v) is 10.7. The Labute approximate surface area is 169 Å². The highest BCUT2D eigenvalue weighted by molar-refractivity contribution is 5.73. The number of rotatable bonds is 15. The highest BCUT2D eigenvalue weighted by Crippen LogP contribution is 2.09. The maximum absolute atomic E-state index is 10.5. The summed E-state index contributed by atoms with van der Waals surface area (Å²) in [6.07, 6.45) is 21.9. The summed E-state index contributed by atoms with van der Waals surface area (Å²) in [5, 5.41) is 15.1. The Morgan fingerprint density at radius 2 is 1.04 bits per heavy atom. The number of hydrogen-bond acceptors (Lipinski definition) is 4. The third kappa shape index (κ3) is 51.7. The van der Waals surface area contributed by atoms with Crippen molar-refractivity contribution in [2.75, 3.05) is 13.2 Å². The third-order valence-corrected chi connectivity index (χ3v) is 3.68. The standard InChI is InChI=1S/C18H35NO.2C2H6O.H3N/c1-2-3-4-5-6-7-8-9-10-11-12-13-14-15-16-17-18(19)20;2*1-2-3;/h9-10H,2-8,11-17H2,1H3,(H2,19,20);2*3H,2H2,1H3;1H3/b10-9-;;;. The second kappa shape index (κ2) is 36.1. The molecule has 166 valence electrons. The first-order valence-electron chi connectivity index (χ1n) is 10.7. The maximum atomic E-state index is 10.5. The zero-order chi connectivity index (χ0) is 20.3. The summed E-state index contributed by atoms with van der Waals surface area (Å²) in [5.74, 6) is -0.164. The Morgan fingerprint density at radius 3 is 1.41 bits per heavy atom. The number of allylic oxidation sites excluding steroid dienone is 2. The van der Waals surface area contributed by atoms with E-state index >= 15 is 0 Å². The number of amides is 1. The summed E-state index contributed by atoms with van der Waals surface area (Å²) >= 11 is 0. The molecule has 0 atom stereocenters. The lowest BCUT2D eigenvalue weighted by Crippen LogP contribution is -2.09. The van der Waals surface area contributed by atoms with Crippen LogP contribution in [0.2, 0.25) is 0 Å². The molecule has 0 heterocycles. The third-order valence-electron chi connectivity index (χ3n) is 3.68. The van der Waals surface area contributed by atoms with E-state index in [1.165, 1.54) is 70.6 Å². The molecular weight excluding hydrogens is 340 g/mol. The zero-order valence-electron chi connectivity index (χ0n) is 18.6. The molecule has 0 aromatic rings. The molecule has 0 fully saturated rings. The minimum Gasteiger partial charge on any atom is -0.397 e. The van der Waals surface area contributed by atoms with Crippen LogP contribution in [0.5, 0.6) is 0 Å². The van der Waals surface area contributed by atoms with Crippen LogP contribution in [0.4, 0.5) is 0 Å². The van der Waals surface area contributed by atoms with Gasteiger partial charge in [-0.25, -0.2) is 0 Å². The van der Waals surface area contributed by atoms with Gasteiger partial charge in [0.05, 0.1) is 0 Å². The smallest absolute Gasteiger partial charge is 0.217 e. The Balaban J connectivity index is -0.000000331. The van der Waals surface area contributed by atoms with Gasteiger partial charge in [0.15, 0.2) is 0 Å². The number of carbonyl (C=O) groups is 1. The quantitative estimate of drug-likeness (QED) is 0.213. The predicted octanol–water partition coefficient (Wildman–Crippen LogP) is 5.67. The lowest BCUT2D eigenvalue weighted by molar-refractivity contribution is -0.118. The van der Waals surface area contributed by atoms with Crippen molar-refractivity contribution in [3.8, 4) is 0 Å². The number of nitrogens with two attached hydrogens (primary N) is 1. The molecule has 0 aromatic carbocycles. The lowest BCUT2D eigenvalue weighted by Gasteiger charge is -1.99. The highest BCUT2D eigenvalue weighted by atomic mass is 16.3. The van der Waals surface area contributed by atoms with Crippen molar-refractivity contribution in [3.05, 3.63) is 12.2 Å². The molecule has 0 bridgehead atoms. The maximum Gasteiger partial charge on any atom is 0.217 e. The van der Waals surface area contributed by atoms with E-state index in [0.717, 1.165) is 12.8 Å².